The Labute approximate surface area is 317 Å². The highest BCUT2D eigenvalue weighted by atomic mass is 16.3. The molecule has 0 N–H and O–H groups in total. The summed E-state index contributed by atoms with van der Waals surface area (Å²) in [5.41, 5.74) is 13.5. The minimum Gasteiger partial charge on any atom is -0.456 e. The highest BCUT2D eigenvalue weighted by Crippen LogP contribution is 2.45. The van der Waals surface area contributed by atoms with Crippen molar-refractivity contribution in [3.05, 3.63) is 200 Å². The van der Waals surface area contributed by atoms with Gasteiger partial charge in [-0.05, 0) is 75.5 Å². The van der Waals surface area contributed by atoms with Crippen molar-refractivity contribution in [1.29, 1.82) is 0 Å². The van der Waals surface area contributed by atoms with Crippen molar-refractivity contribution in [2.24, 2.45) is 0 Å². The summed E-state index contributed by atoms with van der Waals surface area (Å²) in [6.07, 6.45) is 0. The van der Waals surface area contributed by atoms with Crippen LogP contribution in [0.1, 0.15) is 0 Å². The molecule has 55 heavy (non-hydrogen) atoms. The van der Waals surface area contributed by atoms with Crippen LogP contribution in [0.2, 0.25) is 0 Å². The second-order valence-corrected chi connectivity index (χ2v) is 14.1. The third-order valence-electron chi connectivity index (χ3n) is 10.9. The van der Waals surface area contributed by atoms with Crippen LogP contribution < -0.4 is 4.90 Å². The van der Waals surface area contributed by atoms with Crippen LogP contribution in [0.4, 0.5) is 17.1 Å². The molecular formula is C52H33NO2. The van der Waals surface area contributed by atoms with Crippen LogP contribution in [0.15, 0.2) is 209 Å². The number of fused-ring (bicyclic) bond motifs is 7. The first-order valence-electron chi connectivity index (χ1n) is 18.7. The van der Waals surface area contributed by atoms with Gasteiger partial charge in [0.1, 0.15) is 22.3 Å². The van der Waals surface area contributed by atoms with Crippen LogP contribution in [0.25, 0.3) is 88.0 Å². The first-order chi connectivity index (χ1) is 27.3. The fourth-order valence-corrected chi connectivity index (χ4v) is 8.26. The van der Waals surface area contributed by atoms with Crippen LogP contribution in [-0.2, 0) is 0 Å². The molecule has 0 fully saturated rings. The van der Waals surface area contributed by atoms with Gasteiger partial charge in [-0.1, -0.05) is 152 Å². The van der Waals surface area contributed by atoms with Crippen molar-refractivity contribution in [3.8, 4) is 33.4 Å². The Kier molecular flexibility index (Phi) is 7.17. The maximum absolute atomic E-state index is 6.56. The van der Waals surface area contributed by atoms with Gasteiger partial charge in [0.25, 0.3) is 0 Å². The van der Waals surface area contributed by atoms with Crippen LogP contribution in [0, 0.1) is 0 Å². The Morgan fingerprint density at radius 1 is 0.309 bits per heavy atom. The molecule has 0 saturated carbocycles. The molecule has 3 nitrogen and oxygen atoms in total. The maximum atomic E-state index is 6.56. The lowest BCUT2D eigenvalue weighted by Gasteiger charge is -2.28. The SMILES string of the molecule is c1ccc(N(c2ccc(-c3ccc(-c4cccc5ccccc45)cc3)cc2)c2ccc3c(c2)oc2ccccc23)c(-c2cccc3c2oc2ccccc23)c1. The fraction of sp³-hybridized carbons (Fsp3) is 0. The molecule has 3 heteroatoms. The molecule has 0 aliphatic carbocycles. The molecule has 258 valence electrons. The van der Waals surface area contributed by atoms with Crippen molar-refractivity contribution in [2.45, 2.75) is 0 Å². The van der Waals surface area contributed by atoms with Gasteiger partial charge in [-0.2, -0.15) is 0 Å². The largest absolute Gasteiger partial charge is 0.456 e. The predicted molar refractivity (Wildman–Crippen MR) is 229 cm³/mol. The minimum atomic E-state index is 0.850. The minimum absolute atomic E-state index is 0.850. The van der Waals surface area contributed by atoms with Crippen LogP contribution in [0.3, 0.4) is 0 Å². The number of nitrogens with zero attached hydrogens (tertiary/aromatic N) is 1. The van der Waals surface area contributed by atoms with E-state index in [-0.39, 0.29) is 0 Å². The number of para-hydroxylation sites is 4. The number of anilines is 3. The molecule has 0 unspecified atom stereocenters. The van der Waals surface area contributed by atoms with Crippen LogP contribution >= 0.6 is 0 Å². The molecule has 11 rings (SSSR count). The molecule has 0 amide bonds. The van der Waals surface area contributed by atoms with E-state index in [9.17, 15) is 0 Å². The number of hydrogen-bond acceptors (Lipinski definition) is 3. The van der Waals surface area contributed by atoms with Crippen LogP contribution in [-0.4, -0.2) is 0 Å². The summed E-state index contributed by atoms with van der Waals surface area (Å²) in [6.45, 7) is 0. The molecule has 11 aromatic rings. The Bertz CT molecular complexity index is 3200. The lowest BCUT2D eigenvalue weighted by Crippen LogP contribution is -2.11. The number of rotatable bonds is 6. The Morgan fingerprint density at radius 2 is 0.836 bits per heavy atom. The quantitative estimate of drug-likeness (QED) is 0.173. The Hall–Kier alpha value is -7.36. The average Bonchev–Trinajstić information content (AvgIpc) is 3.82. The molecule has 0 radical (unpaired) electrons. The molecule has 0 aliphatic heterocycles. The lowest BCUT2D eigenvalue weighted by molar-refractivity contribution is 0.669. The third-order valence-corrected chi connectivity index (χ3v) is 10.9. The summed E-state index contributed by atoms with van der Waals surface area (Å²) in [5, 5.41) is 6.95. The predicted octanol–water partition coefficient (Wildman–Crippen LogP) is 15.1. The van der Waals surface area contributed by atoms with Gasteiger partial charge < -0.3 is 13.7 Å². The van der Waals surface area contributed by atoms with E-state index in [4.69, 9.17) is 8.83 Å². The lowest BCUT2D eigenvalue weighted by atomic mass is 9.96. The molecule has 0 saturated heterocycles. The molecule has 0 atom stereocenters. The van der Waals surface area contributed by atoms with E-state index < -0.39 is 0 Å². The van der Waals surface area contributed by atoms with Gasteiger partial charge >= 0.3 is 0 Å². The molecule has 0 spiro atoms. The summed E-state index contributed by atoms with van der Waals surface area (Å²) in [6, 6.07) is 70.9. The second kappa shape index (κ2) is 12.6. The summed E-state index contributed by atoms with van der Waals surface area (Å²) in [5.74, 6) is 0. The van der Waals surface area contributed by atoms with Crippen molar-refractivity contribution in [1.82, 2.24) is 0 Å². The second-order valence-electron chi connectivity index (χ2n) is 14.1. The van der Waals surface area contributed by atoms with Crippen molar-refractivity contribution in [2.75, 3.05) is 4.90 Å². The van der Waals surface area contributed by atoms with Crippen LogP contribution in [0.5, 0.6) is 0 Å². The van der Waals surface area contributed by atoms with E-state index in [0.717, 1.165) is 77.6 Å². The summed E-state index contributed by atoms with van der Waals surface area (Å²) in [4.78, 5) is 2.33. The van der Waals surface area contributed by atoms with Gasteiger partial charge in [-0.25, -0.2) is 0 Å². The van der Waals surface area contributed by atoms with Gasteiger partial charge in [0.15, 0.2) is 0 Å². The van der Waals surface area contributed by atoms with Gasteiger partial charge in [0.2, 0.25) is 0 Å². The van der Waals surface area contributed by atoms with E-state index in [1.54, 1.807) is 0 Å². The van der Waals surface area contributed by atoms with Gasteiger partial charge in [0, 0.05) is 50.1 Å². The molecule has 0 aliphatic rings. The van der Waals surface area contributed by atoms with E-state index in [1.165, 1.54) is 27.5 Å². The molecule has 0 bridgehead atoms. The van der Waals surface area contributed by atoms with E-state index >= 15 is 0 Å². The Balaban J connectivity index is 1.04. The van der Waals surface area contributed by atoms with E-state index in [1.807, 2.05) is 24.3 Å². The zero-order chi connectivity index (χ0) is 36.3. The molecule has 9 aromatic carbocycles. The Morgan fingerprint density at radius 3 is 1.65 bits per heavy atom. The average molecular weight is 704 g/mol. The monoisotopic (exact) mass is 703 g/mol. The standard InChI is InChI=1S/C52H33NO2/c1-2-13-40-36(11-1)12-9-17-41(40)37-25-23-34(24-26-37)35-27-29-38(30-28-35)53(39-31-32-45-43-15-4-7-21-49(43)54-51(45)33-39)48-20-6-3-14-42(48)46-18-10-19-47-44-16-5-8-22-50(44)55-52(46)47/h1-33H. The number of hydrogen-bond donors (Lipinski definition) is 0. The summed E-state index contributed by atoms with van der Waals surface area (Å²) >= 11 is 0. The zero-order valence-corrected chi connectivity index (χ0v) is 29.8. The number of benzene rings is 9. The fourth-order valence-electron chi connectivity index (χ4n) is 8.26. The highest BCUT2D eigenvalue weighted by Gasteiger charge is 2.21. The van der Waals surface area contributed by atoms with Gasteiger partial charge in [-0.15, -0.1) is 0 Å². The first kappa shape index (κ1) is 31.2. The normalized spacial score (nSPS) is 11.6. The van der Waals surface area contributed by atoms with Crippen molar-refractivity contribution < 1.29 is 8.83 Å². The molecule has 2 aromatic heterocycles. The maximum Gasteiger partial charge on any atom is 0.143 e. The summed E-state index contributed by atoms with van der Waals surface area (Å²) in [7, 11) is 0. The third kappa shape index (κ3) is 5.20. The van der Waals surface area contributed by atoms with Gasteiger partial charge in [-0.3, -0.25) is 0 Å². The van der Waals surface area contributed by atoms with Crippen molar-refractivity contribution in [3.63, 3.8) is 0 Å². The number of furan rings is 2. The highest BCUT2D eigenvalue weighted by molar-refractivity contribution is 6.11. The van der Waals surface area contributed by atoms with E-state index in [2.05, 4.69) is 181 Å². The van der Waals surface area contributed by atoms with Crippen molar-refractivity contribution >= 4 is 71.7 Å². The topological polar surface area (TPSA) is 29.5 Å². The smallest absolute Gasteiger partial charge is 0.143 e. The van der Waals surface area contributed by atoms with Gasteiger partial charge in [0.05, 0.1) is 5.69 Å². The molecule has 2 heterocycles. The summed E-state index contributed by atoms with van der Waals surface area (Å²) < 4.78 is 13.0. The molecular weight excluding hydrogens is 671 g/mol. The van der Waals surface area contributed by atoms with E-state index in [0.29, 0.717) is 0 Å². The first-order valence-corrected chi connectivity index (χ1v) is 18.7. The zero-order valence-electron chi connectivity index (χ0n) is 29.8.